The van der Waals surface area contributed by atoms with Gasteiger partial charge in [-0.15, -0.1) is 0 Å². The molecule has 8 heteroatoms. The molecule has 3 rings (SSSR count). The van der Waals surface area contributed by atoms with E-state index in [1.807, 2.05) is 0 Å². The maximum absolute atomic E-state index is 12.8. The van der Waals surface area contributed by atoms with Gasteiger partial charge in [0.25, 0.3) is 11.8 Å². The Morgan fingerprint density at radius 2 is 2.00 bits per heavy atom. The number of likely N-dealkylation sites (tertiary alicyclic amines) is 1. The molecule has 8 nitrogen and oxygen atoms in total. The van der Waals surface area contributed by atoms with Crippen LogP contribution in [0.2, 0.25) is 0 Å². The van der Waals surface area contributed by atoms with Gasteiger partial charge >= 0.3 is 0 Å². The number of amides is 4. The fourth-order valence-electron chi connectivity index (χ4n) is 4.16. The summed E-state index contributed by atoms with van der Waals surface area (Å²) in [4.78, 5) is 52.1. The van der Waals surface area contributed by atoms with Crippen molar-refractivity contribution in [2.24, 2.45) is 11.7 Å². The molecule has 2 aliphatic heterocycles. The first-order chi connectivity index (χ1) is 14.9. The van der Waals surface area contributed by atoms with Crippen molar-refractivity contribution < 1.29 is 19.2 Å². The number of primary amides is 1. The van der Waals surface area contributed by atoms with E-state index in [4.69, 9.17) is 5.73 Å². The number of unbranched alkanes of at least 4 members (excludes halogenated alkanes) is 3. The molecule has 1 unspecified atom stereocenters. The van der Waals surface area contributed by atoms with Gasteiger partial charge in [-0.2, -0.15) is 0 Å². The number of carbonyl (C=O) groups is 4. The third-order valence-corrected chi connectivity index (χ3v) is 6.07. The number of carbonyl (C=O) groups excluding carboxylic acids is 4. The van der Waals surface area contributed by atoms with Crippen molar-refractivity contribution in [3.05, 3.63) is 34.9 Å². The molecule has 1 fully saturated rings. The standard InChI is InChI=1S/C23H32N4O4/c1-2-3-4-5-10-25-20(28)9-12-27-15-18-13-16(6-7-19(18)23(27)31)22(30)26-11-8-17(14-26)21(24)29/h6-7,13,17H,2-5,8-12,14-15H2,1H3,(H2,24,29)(H,25,28). The van der Waals surface area contributed by atoms with Crippen LogP contribution in [0.3, 0.4) is 0 Å². The van der Waals surface area contributed by atoms with Crippen molar-refractivity contribution in [1.29, 1.82) is 0 Å². The third-order valence-electron chi connectivity index (χ3n) is 6.07. The van der Waals surface area contributed by atoms with Gasteiger partial charge in [-0.05, 0) is 36.6 Å². The average Bonchev–Trinajstić information content (AvgIpc) is 3.37. The SMILES string of the molecule is CCCCCCNC(=O)CCN1Cc2cc(C(=O)N3CCC(C(N)=O)C3)ccc2C1=O. The summed E-state index contributed by atoms with van der Waals surface area (Å²) in [5.74, 6) is -0.988. The highest BCUT2D eigenvalue weighted by atomic mass is 16.2. The zero-order valence-electron chi connectivity index (χ0n) is 18.2. The molecule has 1 aromatic rings. The van der Waals surface area contributed by atoms with Gasteiger partial charge in [-0.3, -0.25) is 19.2 Å². The van der Waals surface area contributed by atoms with Gasteiger partial charge < -0.3 is 20.9 Å². The summed E-state index contributed by atoms with van der Waals surface area (Å²) in [5, 5.41) is 2.91. The largest absolute Gasteiger partial charge is 0.369 e. The lowest BCUT2D eigenvalue weighted by atomic mass is 10.1. The monoisotopic (exact) mass is 428 g/mol. The van der Waals surface area contributed by atoms with Gasteiger partial charge in [0, 0.05) is 50.3 Å². The van der Waals surface area contributed by atoms with Gasteiger partial charge in [-0.25, -0.2) is 0 Å². The maximum Gasteiger partial charge on any atom is 0.254 e. The topological polar surface area (TPSA) is 113 Å². The second-order valence-electron chi connectivity index (χ2n) is 8.40. The third kappa shape index (κ3) is 5.62. The van der Waals surface area contributed by atoms with Gasteiger partial charge in [0.15, 0.2) is 0 Å². The molecule has 31 heavy (non-hydrogen) atoms. The van der Waals surface area contributed by atoms with Crippen molar-refractivity contribution >= 4 is 23.6 Å². The van der Waals surface area contributed by atoms with Gasteiger partial charge in [-0.1, -0.05) is 26.2 Å². The molecule has 2 aliphatic rings. The van der Waals surface area contributed by atoms with E-state index in [1.54, 1.807) is 28.0 Å². The number of nitrogens with zero attached hydrogens (tertiary/aromatic N) is 2. The van der Waals surface area contributed by atoms with E-state index in [0.717, 1.165) is 24.8 Å². The Bertz CT molecular complexity index is 854. The summed E-state index contributed by atoms with van der Waals surface area (Å²) in [7, 11) is 0. The minimum absolute atomic E-state index is 0.0471. The van der Waals surface area contributed by atoms with Crippen LogP contribution in [0.5, 0.6) is 0 Å². The van der Waals surface area contributed by atoms with Crippen molar-refractivity contribution in [1.82, 2.24) is 15.1 Å². The van der Waals surface area contributed by atoms with Crippen molar-refractivity contribution in [2.45, 2.75) is 52.0 Å². The highest BCUT2D eigenvalue weighted by Crippen LogP contribution is 2.26. The molecule has 0 aromatic heterocycles. The Morgan fingerprint density at radius 1 is 1.19 bits per heavy atom. The first kappa shape index (κ1) is 22.8. The van der Waals surface area contributed by atoms with Crippen LogP contribution in [-0.4, -0.2) is 59.6 Å². The van der Waals surface area contributed by atoms with E-state index < -0.39 is 0 Å². The van der Waals surface area contributed by atoms with Crippen LogP contribution < -0.4 is 11.1 Å². The van der Waals surface area contributed by atoms with Crippen molar-refractivity contribution in [3.63, 3.8) is 0 Å². The molecule has 0 radical (unpaired) electrons. The Hall–Kier alpha value is -2.90. The summed E-state index contributed by atoms with van der Waals surface area (Å²) >= 11 is 0. The molecule has 0 saturated carbocycles. The summed E-state index contributed by atoms with van der Waals surface area (Å²) in [5.41, 5.74) is 7.22. The van der Waals surface area contributed by atoms with E-state index in [2.05, 4.69) is 12.2 Å². The number of nitrogens with one attached hydrogen (secondary N) is 1. The summed E-state index contributed by atoms with van der Waals surface area (Å²) in [6, 6.07) is 5.09. The molecule has 4 amide bonds. The molecule has 3 N–H and O–H groups in total. The second-order valence-corrected chi connectivity index (χ2v) is 8.40. The Morgan fingerprint density at radius 3 is 2.71 bits per heavy atom. The zero-order valence-corrected chi connectivity index (χ0v) is 18.2. The fraction of sp³-hybridized carbons (Fsp3) is 0.565. The van der Waals surface area contributed by atoms with Crippen LogP contribution in [0.1, 0.15) is 71.7 Å². The van der Waals surface area contributed by atoms with E-state index in [1.165, 1.54) is 6.42 Å². The Labute approximate surface area is 183 Å². The van der Waals surface area contributed by atoms with Crippen molar-refractivity contribution in [3.8, 4) is 0 Å². The zero-order chi connectivity index (χ0) is 22.4. The maximum atomic E-state index is 12.8. The minimum Gasteiger partial charge on any atom is -0.369 e. The van der Waals surface area contributed by atoms with Crippen LogP contribution in [0.15, 0.2) is 18.2 Å². The number of benzene rings is 1. The Balaban J connectivity index is 1.51. The highest BCUT2D eigenvalue weighted by molar-refractivity contribution is 6.01. The van der Waals surface area contributed by atoms with E-state index in [-0.39, 0.29) is 36.0 Å². The van der Waals surface area contributed by atoms with Crippen LogP contribution in [0, 0.1) is 5.92 Å². The van der Waals surface area contributed by atoms with E-state index >= 15 is 0 Å². The van der Waals surface area contributed by atoms with Gasteiger partial charge in [0.1, 0.15) is 0 Å². The predicted molar refractivity (Wildman–Crippen MR) is 116 cm³/mol. The molecule has 1 saturated heterocycles. The number of hydrogen-bond acceptors (Lipinski definition) is 4. The molecule has 1 atom stereocenters. The number of fused-ring (bicyclic) bond motifs is 1. The number of rotatable bonds is 10. The predicted octanol–water partition coefficient (Wildman–Crippen LogP) is 1.68. The number of hydrogen-bond donors (Lipinski definition) is 2. The van der Waals surface area contributed by atoms with Crippen LogP contribution >= 0.6 is 0 Å². The van der Waals surface area contributed by atoms with Gasteiger partial charge in [0.05, 0.1) is 5.92 Å². The molecular weight excluding hydrogens is 396 g/mol. The molecule has 0 aliphatic carbocycles. The summed E-state index contributed by atoms with van der Waals surface area (Å²) in [6.45, 7) is 4.40. The molecule has 168 valence electrons. The van der Waals surface area contributed by atoms with E-state index in [9.17, 15) is 19.2 Å². The molecule has 2 heterocycles. The smallest absolute Gasteiger partial charge is 0.254 e. The average molecular weight is 429 g/mol. The lowest BCUT2D eigenvalue weighted by Gasteiger charge is -2.16. The normalized spacial score (nSPS) is 17.7. The summed E-state index contributed by atoms with van der Waals surface area (Å²) < 4.78 is 0. The van der Waals surface area contributed by atoms with Crippen LogP contribution in [0.4, 0.5) is 0 Å². The number of nitrogens with two attached hydrogens (primary N) is 1. The van der Waals surface area contributed by atoms with E-state index in [0.29, 0.717) is 50.3 Å². The van der Waals surface area contributed by atoms with Gasteiger partial charge in [0.2, 0.25) is 11.8 Å². The first-order valence-corrected chi connectivity index (χ1v) is 11.2. The minimum atomic E-state index is -0.379. The molecule has 0 spiro atoms. The Kier molecular flexibility index (Phi) is 7.65. The van der Waals surface area contributed by atoms with Crippen LogP contribution in [0.25, 0.3) is 0 Å². The van der Waals surface area contributed by atoms with Crippen LogP contribution in [-0.2, 0) is 16.1 Å². The molecule has 0 bridgehead atoms. The lowest BCUT2D eigenvalue weighted by Crippen LogP contribution is -2.31. The quantitative estimate of drug-likeness (QED) is 0.552. The lowest BCUT2D eigenvalue weighted by molar-refractivity contribution is -0.122. The second kappa shape index (κ2) is 10.4. The molecular formula is C23H32N4O4. The highest BCUT2D eigenvalue weighted by Gasteiger charge is 2.32. The first-order valence-electron chi connectivity index (χ1n) is 11.2. The van der Waals surface area contributed by atoms with Crippen molar-refractivity contribution in [2.75, 3.05) is 26.2 Å². The fourth-order valence-corrected chi connectivity index (χ4v) is 4.16. The summed E-state index contributed by atoms with van der Waals surface area (Å²) in [6.07, 6.45) is 5.26. The molecule has 1 aromatic carbocycles.